The topological polar surface area (TPSA) is 57.5 Å². The Kier molecular flexibility index (Phi) is 2.64. The van der Waals surface area contributed by atoms with Crippen molar-refractivity contribution in [3.8, 4) is 0 Å². The van der Waals surface area contributed by atoms with Gasteiger partial charge in [0.25, 0.3) is 0 Å². The molecule has 5 rings (SSSR count). The number of rotatable bonds is 0. The molecule has 0 radical (unpaired) electrons. The minimum absolute atomic E-state index is 0.0890. The van der Waals surface area contributed by atoms with Crippen LogP contribution in [0.15, 0.2) is 0 Å². The molecule has 5 aliphatic rings. The zero-order valence-electron chi connectivity index (χ0n) is 13.5. The van der Waals surface area contributed by atoms with Gasteiger partial charge in [-0.25, -0.2) is 0 Å². The number of hydrogen-bond donors (Lipinski definition) is 2. The molecule has 9 atom stereocenters. The third-order valence-corrected chi connectivity index (χ3v) is 8.93. The number of aliphatic hydroxyl groups is 2. The standard InChI is InChI=1S/C19H28O3/c1-18-7-6-14-12(13(18)4-5-16(18)21)3-2-10-8-11(20)9-15-17(22)19(10,14)15/h10,12-17,21-22H,2-9H2,1H3/t10-,12-,13-,14-,15-,16-,17-,18-,19+/m0/s1. The van der Waals surface area contributed by atoms with Crippen molar-refractivity contribution >= 4 is 5.78 Å². The number of fused-ring (bicyclic) bond motifs is 3. The third kappa shape index (κ3) is 1.40. The van der Waals surface area contributed by atoms with Gasteiger partial charge in [-0.05, 0) is 67.6 Å². The first kappa shape index (κ1) is 14.0. The highest BCUT2D eigenvalue weighted by atomic mass is 16.3. The fourth-order valence-electron chi connectivity index (χ4n) is 7.92. The quantitative estimate of drug-likeness (QED) is 0.723. The molecule has 5 aliphatic carbocycles. The van der Waals surface area contributed by atoms with Gasteiger partial charge in [0.1, 0.15) is 5.78 Å². The van der Waals surface area contributed by atoms with Gasteiger partial charge in [-0.1, -0.05) is 6.92 Å². The van der Waals surface area contributed by atoms with Gasteiger partial charge in [-0.15, -0.1) is 0 Å². The molecule has 0 aromatic carbocycles. The van der Waals surface area contributed by atoms with Crippen molar-refractivity contribution in [2.75, 3.05) is 0 Å². The van der Waals surface area contributed by atoms with E-state index in [1.54, 1.807) is 0 Å². The molecule has 122 valence electrons. The number of Topliss-reactive ketones (excluding diaryl/α,β-unsaturated/α-hetero) is 1. The highest BCUT2D eigenvalue weighted by molar-refractivity contribution is 5.81. The molecule has 0 aromatic rings. The number of ketones is 1. The molecule has 0 bridgehead atoms. The average molecular weight is 304 g/mol. The lowest BCUT2D eigenvalue weighted by Crippen LogP contribution is -2.51. The van der Waals surface area contributed by atoms with Gasteiger partial charge >= 0.3 is 0 Å². The summed E-state index contributed by atoms with van der Waals surface area (Å²) >= 11 is 0. The molecule has 3 nitrogen and oxygen atoms in total. The fourth-order valence-corrected chi connectivity index (χ4v) is 7.92. The van der Waals surface area contributed by atoms with Crippen molar-refractivity contribution in [1.29, 1.82) is 0 Å². The van der Waals surface area contributed by atoms with Crippen LogP contribution in [0.25, 0.3) is 0 Å². The molecule has 5 saturated carbocycles. The highest BCUT2D eigenvalue weighted by Crippen LogP contribution is 2.76. The molecule has 5 fully saturated rings. The minimum atomic E-state index is -0.215. The van der Waals surface area contributed by atoms with Crippen LogP contribution >= 0.6 is 0 Å². The van der Waals surface area contributed by atoms with Crippen molar-refractivity contribution in [3.05, 3.63) is 0 Å². The van der Waals surface area contributed by atoms with Crippen molar-refractivity contribution in [2.24, 2.45) is 40.4 Å². The largest absolute Gasteiger partial charge is 0.393 e. The van der Waals surface area contributed by atoms with E-state index in [-0.39, 0.29) is 29.0 Å². The van der Waals surface area contributed by atoms with Crippen LogP contribution in [0.5, 0.6) is 0 Å². The summed E-state index contributed by atoms with van der Waals surface area (Å²) in [4.78, 5) is 12.0. The molecule has 0 heterocycles. The maximum Gasteiger partial charge on any atom is 0.133 e. The molecule has 0 aromatic heterocycles. The van der Waals surface area contributed by atoms with E-state index >= 15 is 0 Å². The molecule has 0 amide bonds. The second-order valence-electron chi connectivity index (χ2n) is 9.29. The molecule has 3 heteroatoms. The molecule has 0 unspecified atom stereocenters. The summed E-state index contributed by atoms with van der Waals surface area (Å²) in [5.74, 6) is 3.04. The number of carbonyl (C=O) groups excluding carboxylic acids is 1. The van der Waals surface area contributed by atoms with E-state index in [2.05, 4.69) is 6.92 Å². The Balaban J connectivity index is 1.51. The maximum absolute atomic E-state index is 12.0. The molecule has 0 saturated heterocycles. The first-order valence-electron chi connectivity index (χ1n) is 9.37. The van der Waals surface area contributed by atoms with E-state index in [4.69, 9.17) is 0 Å². The summed E-state index contributed by atoms with van der Waals surface area (Å²) in [6, 6.07) is 0. The Morgan fingerprint density at radius 2 is 1.77 bits per heavy atom. The van der Waals surface area contributed by atoms with Crippen LogP contribution in [0.4, 0.5) is 0 Å². The molecule has 0 aliphatic heterocycles. The summed E-state index contributed by atoms with van der Waals surface area (Å²) < 4.78 is 0. The van der Waals surface area contributed by atoms with Crippen molar-refractivity contribution in [2.45, 2.75) is 70.5 Å². The monoisotopic (exact) mass is 304 g/mol. The smallest absolute Gasteiger partial charge is 0.133 e. The van der Waals surface area contributed by atoms with Crippen LogP contribution in [0.1, 0.15) is 58.3 Å². The van der Waals surface area contributed by atoms with Gasteiger partial charge in [0, 0.05) is 24.2 Å². The van der Waals surface area contributed by atoms with E-state index in [1.807, 2.05) is 0 Å². The zero-order chi connectivity index (χ0) is 15.3. The fraction of sp³-hybridized carbons (Fsp3) is 0.947. The molecule has 2 N–H and O–H groups in total. The predicted molar refractivity (Wildman–Crippen MR) is 81.9 cm³/mol. The summed E-state index contributed by atoms with van der Waals surface area (Å²) in [5, 5.41) is 21.2. The van der Waals surface area contributed by atoms with Crippen LogP contribution in [0.2, 0.25) is 0 Å². The van der Waals surface area contributed by atoms with Crippen LogP contribution in [0.3, 0.4) is 0 Å². The third-order valence-electron chi connectivity index (χ3n) is 8.93. The SMILES string of the molecule is C[C@]12CC[C@H]3[C@@H](CC[C@H]4CC(=O)C[C@H]5[C@H](O)[C@]435)[C@@H]1CC[C@@H]2O. The van der Waals surface area contributed by atoms with Gasteiger partial charge in [0.2, 0.25) is 0 Å². The van der Waals surface area contributed by atoms with E-state index in [9.17, 15) is 15.0 Å². The Hall–Kier alpha value is -0.410. The Bertz CT molecular complexity index is 531. The number of aliphatic hydroxyl groups excluding tert-OH is 2. The minimum Gasteiger partial charge on any atom is -0.393 e. The van der Waals surface area contributed by atoms with Crippen molar-refractivity contribution in [3.63, 3.8) is 0 Å². The van der Waals surface area contributed by atoms with Crippen LogP contribution in [-0.2, 0) is 4.79 Å². The second kappa shape index (κ2) is 4.16. The molecule has 22 heavy (non-hydrogen) atoms. The van der Waals surface area contributed by atoms with E-state index in [1.165, 1.54) is 12.8 Å². The van der Waals surface area contributed by atoms with Gasteiger partial charge in [-0.2, -0.15) is 0 Å². The molecule has 1 spiro atoms. The van der Waals surface area contributed by atoms with E-state index < -0.39 is 0 Å². The van der Waals surface area contributed by atoms with Gasteiger partial charge in [0.05, 0.1) is 12.2 Å². The lowest BCUT2D eigenvalue weighted by atomic mass is 9.49. The molecular weight excluding hydrogens is 276 g/mol. The van der Waals surface area contributed by atoms with Crippen LogP contribution in [0, 0.1) is 40.4 Å². The Morgan fingerprint density at radius 1 is 0.955 bits per heavy atom. The van der Waals surface area contributed by atoms with Crippen molar-refractivity contribution in [1.82, 2.24) is 0 Å². The Labute approximate surface area is 132 Å². The van der Waals surface area contributed by atoms with Crippen LogP contribution in [-0.4, -0.2) is 28.2 Å². The highest BCUT2D eigenvalue weighted by Gasteiger charge is 2.76. The molecular formula is C19H28O3. The van der Waals surface area contributed by atoms with E-state index in [0.717, 1.165) is 32.1 Å². The summed E-state index contributed by atoms with van der Waals surface area (Å²) in [5.41, 5.74) is 0.205. The average Bonchev–Trinajstić information content (AvgIpc) is 2.94. The summed E-state index contributed by atoms with van der Waals surface area (Å²) in [6.45, 7) is 2.31. The van der Waals surface area contributed by atoms with E-state index in [0.29, 0.717) is 35.9 Å². The van der Waals surface area contributed by atoms with Crippen molar-refractivity contribution < 1.29 is 15.0 Å². The lowest BCUT2D eigenvalue weighted by molar-refractivity contribution is -0.131. The van der Waals surface area contributed by atoms with Gasteiger partial charge < -0.3 is 10.2 Å². The normalized spacial score (nSPS) is 62.7. The zero-order valence-corrected chi connectivity index (χ0v) is 13.5. The van der Waals surface area contributed by atoms with Gasteiger partial charge in [-0.3, -0.25) is 4.79 Å². The number of carbonyl (C=O) groups is 1. The lowest BCUT2D eigenvalue weighted by Gasteiger charge is -2.55. The predicted octanol–water partition coefficient (Wildman–Crippen LogP) is 2.54. The van der Waals surface area contributed by atoms with Crippen LogP contribution < -0.4 is 0 Å². The number of hydrogen-bond acceptors (Lipinski definition) is 3. The summed E-state index contributed by atoms with van der Waals surface area (Å²) in [7, 11) is 0. The Morgan fingerprint density at radius 3 is 2.59 bits per heavy atom. The first-order valence-corrected chi connectivity index (χ1v) is 9.37. The van der Waals surface area contributed by atoms with Gasteiger partial charge in [0.15, 0.2) is 0 Å². The maximum atomic E-state index is 12.0. The first-order chi connectivity index (χ1) is 10.5. The summed E-state index contributed by atoms with van der Waals surface area (Å²) in [6.07, 6.45) is 7.76. The second-order valence-corrected chi connectivity index (χ2v) is 9.29.